The lowest BCUT2D eigenvalue weighted by molar-refractivity contribution is -0.139. The first kappa shape index (κ1) is 14.7. The molecule has 1 fully saturated rings. The van der Waals surface area contributed by atoms with Gasteiger partial charge in [0.05, 0.1) is 41.5 Å². The minimum atomic E-state index is -0.483. The summed E-state index contributed by atoms with van der Waals surface area (Å²) in [5.74, 6) is -0.128. The van der Waals surface area contributed by atoms with Crippen LogP contribution in [0.5, 0.6) is 0 Å². The molecule has 1 aliphatic heterocycles. The Morgan fingerprint density at radius 3 is 3.00 bits per heavy atom. The number of aliphatic hydroxyl groups excluding tert-OH is 1. The van der Waals surface area contributed by atoms with E-state index in [1.54, 1.807) is 17.9 Å². The molecule has 0 spiro atoms. The fraction of sp³-hybridized carbons (Fsp3) is 0.571. The van der Waals surface area contributed by atoms with E-state index in [4.69, 9.17) is 10.5 Å². The standard InChI is InChI=1S/C14H21N3O3/c1-9-12(4-10(15)5-16-9)13(19)17-6-11(7-18)20-14(2,3)8-17/h4-5,11,18H,6-8,15H2,1-3H3. The fourth-order valence-electron chi connectivity index (χ4n) is 2.48. The van der Waals surface area contributed by atoms with Crippen molar-refractivity contribution >= 4 is 11.6 Å². The van der Waals surface area contributed by atoms with Gasteiger partial charge in [0.15, 0.2) is 0 Å². The summed E-state index contributed by atoms with van der Waals surface area (Å²) >= 11 is 0. The van der Waals surface area contributed by atoms with Crippen LogP contribution in [0, 0.1) is 6.92 Å². The van der Waals surface area contributed by atoms with Crippen LogP contribution in [-0.2, 0) is 4.74 Å². The zero-order valence-electron chi connectivity index (χ0n) is 12.1. The number of rotatable bonds is 2. The zero-order valence-corrected chi connectivity index (χ0v) is 12.1. The SMILES string of the molecule is Cc1ncc(N)cc1C(=O)N1CC(CO)OC(C)(C)C1. The second kappa shape index (κ2) is 5.38. The molecular weight excluding hydrogens is 258 g/mol. The van der Waals surface area contributed by atoms with Crippen molar-refractivity contribution in [1.29, 1.82) is 0 Å². The Labute approximate surface area is 118 Å². The van der Waals surface area contributed by atoms with Gasteiger partial charge in [-0.25, -0.2) is 0 Å². The molecule has 1 aliphatic rings. The van der Waals surface area contributed by atoms with E-state index in [0.717, 1.165) is 0 Å². The molecule has 1 atom stereocenters. The maximum atomic E-state index is 12.6. The second-order valence-corrected chi connectivity index (χ2v) is 5.77. The summed E-state index contributed by atoms with van der Waals surface area (Å²) in [6.07, 6.45) is 1.17. The third kappa shape index (κ3) is 3.08. The summed E-state index contributed by atoms with van der Waals surface area (Å²) in [5, 5.41) is 9.30. The normalized spacial score (nSPS) is 21.8. The van der Waals surface area contributed by atoms with E-state index in [2.05, 4.69) is 4.98 Å². The van der Waals surface area contributed by atoms with Crippen LogP contribution in [0.2, 0.25) is 0 Å². The van der Waals surface area contributed by atoms with Crippen molar-refractivity contribution < 1.29 is 14.6 Å². The number of hydrogen-bond acceptors (Lipinski definition) is 5. The zero-order chi connectivity index (χ0) is 14.9. The first-order chi connectivity index (χ1) is 9.32. The summed E-state index contributed by atoms with van der Waals surface area (Å²) < 4.78 is 5.71. The molecule has 1 aromatic rings. The number of amides is 1. The number of morpholine rings is 1. The monoisotopic (exact) mass is 279 g/mol. The van der Waals surface area contributed by atoms with Crippen molar-refractivity contribution in [1.82, 2.24) is 9.88 Å². The molecular formula is C14H21N3O3. The number of hydrogen-bond donors (Lipinski definition) is 2. The van der Waals surface area contributed by atoms with Gasteiger partial charge < -0.3 is 20.5 Å². The second-order valence-electron chi connectivity index (χ2n) is 5.77. The highest BCUT2D eigenvalue weighted by Gasteiger charge is 2.36. The van der Waals surface area contributed by atoms with Crippen molar-refractivity contribution in [2.75, 3.05) is 25.4 Å². The fourth-order valence-corrected chi connectivity index (χ4v) is 2.48. The van der Waals surface area contributed by atoms with E-state index in [1.807, 2.05) is 13.8 Å². The van der Waals surface area contributed by atoms with E-state index in [1.165, 1.54) is 6.20 Å². The summed E-state index contributed by atoms with van der Waals surface area (Å²) in [5.41, 5.74) is 6.83. The summed E-state index contributed by atoms with van der Waals surface area (Å²) in [4.78, 5) is 18.4. The van der Waals surface area contributed by atoms with Crippen molar-refractivity contribution in [3.8, 4) is 0 Å². The van der Waals surface area contributed by atoms with Crippen LogP contribution >= 0.6 is 0 Å². The van der Waals surface area contributed by atoms with Gasteiger partial charge in [-0.2, -0.15) is 0 Å². The van der Waals surface area contributed by atoms with E-state index >= 15 is 0 Å². The molecule has 20 heavy (non-hydrogen) atoms. The van der Waals surface area contributed by atoms with Crippen LogP contribution in [0.4, 0.5) is 5.69 Å². The quantitative estimate of drug-likeness (QED) is 0.827. The molecule has 0 saturated carbocycles. The average molecular weight is 279 g/mol. The third-order valence-electron chi connectivity index (χ3n) is 3.31. The number of carbonyl (C=O) groups is 1. The number of anilines is 1. The Morgan fingerprint density at radius 2 is 2.35 bits per heavy atom. The van der Waals surface area contributed by atoms with Crippen molar-refractivity contribution in [3.05, 3.63) is 23.5 Å². The Bertz CT molecular complexity index is 516. The predicted molar refractivity (Wildman–Crippen MR) is 75.3 cm³/mol. The first-order valence-electron chi connectivity index (χ1n) is 6.62. The molecule has 0 bridgehead atoms. The van der Waals surface area contributed by atoms with Crippen molar-refractivity contribution in [3.63, 3.8) is 0 Å². The van der Waals surface area contributed by atoms with Crippen molar-refractivity contribution in [2.45, 2.75) is 32.5 Å². The summed E-state index contributed by atoms with van der Waals surface area (Å²) in [6, 6.07) is 1.64. The number of aromatic nitrogens is 1. The Balaban J connectivity index is 2.25. The van der Waals surface area contributed by atoms with Gasteiger partial charge in [0.25, 0.3) is 5.91 Å². The van der Waals surface area contributed by atoms with Gasteiger partial charge in [-0.15, -0.1) is 0 Å². The lowest BCUT2D eigenvalue weighted by atomic mass is 10.0. The van der Waals surface area contributed by atoms with Gasteiger partial charge in [-0.05, 0) is 26.8 Å². The Morgan fingerprint density at radius 1 is 1.65 bits per heavy atom. The van der Waals surface area contributed by atoms with Crippen LogP contribution in [0.3, 0.4) is 0 Å². The maximum absolute atomic E-state index is 12.6. The van der Waals surface area contributed by atoms with Crippen molar-refractivity contribution in [2.24, 2.45) is 0 Å². The van der Waals surface area contributed by atoms with Gasteiger partial charge >= 0.3 is 0 Å². The van der Waals surface area contributed by atoms with Crippen LogP contribution in [-0.4, -0.2) is 52.3 Å². The number of nitrogens with zero attached hydrogens (tertiary/aromatic N) is 2. The number of nitrogens with two attached hydrogens (primary N) is 1. The van der Waals surface area contributed by atoms with Gasteiger partial charge in [0.1, 0.15) is 0 Å². The molecule has 0 aliphatic carbocycles. The molecule has 1 amide bonds. The molecule has 1 unspecified atom stereocenters. The molecule has 110 valence electrons. The molecule has 1 saturated heterocycles. The predicted octanol–water partition coefficient (Wildman–Crippen LogP) is 0.584. The Hall–Kier alpha value is -1.66. The number of aliphatic hydroxyl groups is 1. The van der Waals surface area contributed by atoms with Crippen LogP contribution in [0.1, 0.15) is 29.9 Å². The van der Waals surface area contributed by atoms with Crippen LogP contribution < -0.4 is 5.73 Å². The topological polar surface area (TPSA) is 88.7 Å². The van der Waals surface area contributed by atoms with Crippen LogP contribution in [0.15, 0.2) is 12.3 Å². The molecule has 0 radical (unpaired) electrons. The maximum Gasteiger partial charge on any atom is 0.255 e. The van der Waals surface area contributed by atoms with Crippen LogP contribution in [0.25, 0.3) is 0 Å². The van der Waals surface area contributed by atoms with E-state index in [9.17, 15) is 9.90 Å². The molecule has 6 heteroatoms. The smallest absolute Gasteiger partial charge is 0.255 e. The number of nitrogen functional groups attached to an aromatic ring is 1. The van der Waals surface area contributed by atoms with Gasteiger partial charge in [-0.1, -0.05) is 0 Å². The van der Waals surface area contributed by atoms with Gasteiger partial charge in [0, 0.05) is 13.1 Å². The van der Waals surface area contributed by atoms with E-state index < -0.39 is 5.60 Å². The first-order valence-corrected chi connectivity index (χ1v) is 6.62. The molecule has 1 aromatic heterocycles. The largest absolute Gasteiger partial charge is 0.397 e. The molecule has 2 heterocycles. The third-order valence-corrected chi connectivity index (χ3v) is 3.31. The Kier molecular flexibility index (Phi) is 3.96. The minimum Gasteiger partial charge on any atom is -0.397 e. The molecule has 6 nitrogen and oxygen atoms in total. The highest BCUT2D eigenvalue weighted by Crippen LogP contribution is 2.23. The molecule has 3 N–H and O–H groups in total. The lowest BCUT2D eigenvalue weighted by Crippen LogP contribution is -2.55. The van der Waals surface area contributed by atoms with E-state index in [-0.39, 0.29) is 18.6 Å². The number of aryl methyl sites for hydroxylation is 1. The summed E-state index contributed by atoms with van der Waals surface area (Å²) in [7, 11) is 0. The van der Waals surface area contributed by atoms with E-state index in [0.29, 0.717) is 30.0 Å². The molecule has 2 rings (SSSR count). The minimum absolute atomic E-state index is 0.110. The number of pyridine rings is 1. The number of ether oxygens (including phenoxy) is 1. The van der Waals surface area contributed by atoms with Gasteiger partial charge in [-0.3, -0.25) is 9.78 Å². The molecule has 0 aromatic carbocycles. The lowest BCUT2D eigenvalue weighted by Gasteiger charge is -2.42. The van der Waals surface area contributed by atoms with Gasteiger partial charge in [0.2, 0.25) is 0 Å². The summed E-state index contributed by atoms with van der Waals surface area (Å²) in [6.45, 7) is 6.31. The number of carbonyl (C=O) groups excluding carboxylic acids is 1. The average Bonchev–Trinajstić information content (AvgIpc) is 2.38. The highest BCUT2D eigenvalue weighted by atomic mass is 16.5. The highest BCUT2D eigenvalue weighted by molar-refractivity contribution is 5.96.